The standard InChI is InChI=1S/C16H11BrClN7O4/c1-6(2)11-14(27)22-23-15(20-11)29-12-8(17)3-7(4-9(12)18)25-16(28)21-13(26)10(5-19)24-25/h3-4,6H,1-2H3,(H,22,27)(H,21,26,28). The van der Waals surface area contributed by atoms with Gasteiger partial charge in [-0.1, -0.05) is 25.4 Å². The summed E-state index contributed by atoms with van der Waals surface area (Å²) in [5.74, 6) is -0.0342. The van der Waals surface area contributed by atoms with Gasteiger partial charge in [-0.2, -0.15) is 14.9 Å². The van der Waals surface area contributed by atoms with E-state index in [2.05, 4.69) is 36.2 Å². The molecular weight excluding hydrogens is 470 g/mol. The number of benzene rings is 1. The van der Waals surface area contributed by atoms with E-state index in [9.17, 15) is 14.4 Å². The van der Waals surface area contributed by atoms with Crippen LogP contribution in [0.15, 0.2) is 31.0 Å². The molecule has 1 aromatic carbocycles. The smallest absolute Gasteiger partial charge is 0.349 e. The van der Waals surface area contributed by atoms with Crippen LogP contribution in [-0.4, -0.2) is 29.9 Å². The number of H-pyrrole nitrogens is 2. The molecule has 0 aliphatic carbocycles. The zero-order valence-corrected chi connectivity index (χ0v) is 17.2. The molecule has 3 aromatic rings. The molecule has 0 spiro atoms. The Labute approximate surface area is 175 Å². The first-order chi connectivity index (χ1) is 13.7. The van der Waals surface area contributed by atoms with Crippen molar-refractivity contribution in [3.63, 3.8) is 0 Å². The molecule has 0 radical (unpaired) electrons. The summed E-state index contributed by atoms with van der Waals surface area (Å²) in [6.07, 6.45) is 0. The van der Waals surface area contributed by atoms with Gasteiger partial charge in [0, 0.05) is 5.92 Å². The van der Waals surface area contributed by atoms with E-state index in [1.807, 2.05) is 4.98 Å². The summed E-state index contributed by atoms with van der Waals surface area (Å²) >= 11 is 9.54. The van der Waals surface area contributed by atoms with Crippen LogP contribution >= 0.6 is 27.5 Å². The normalized spacial score (nSPS) is 10.8. The maximum Gasteiger partial charge on any atom is 0.349 e. The molecule has 0 saturated carbocycles. The minimum atomic E-state index is -0.893. The van der Waals surface area contributed by atoms with Crippen molar-refractivity contribution in [2.45, 2.75) is 19.8 Å². The molecule has 29 heavy (non-hydrogen) atoms. The maximum atomic E-state index is 12.0. The number of hydrogen-bond acceptors (Lipinski definition) is 8. The van der Waals surface area contributed by atoms with Gasteiger partial charge in [0.05, 0.1) is 15.2 Å². The highest BCUT2D eigenvalue weighted by molar-refractivity contribution is 9.10. The van der Waals surface area contributed by atoms with Gasteiger partial charge >= 0.3 is 11.7 Å². The SMILES string of the molecule is CC(C)c1nc(Oc2c(Cl)cc(-n3nc(C#N)c(=O)[nH]c3=O)cc2Br)n[nH]c1=O. The monoisotopic (exact) mass is 479 g/mol. The lowest BCUT2D eigenvalue weighted by molar-refractivity contribution is 0.424. The van der Waals surface area contributed by atoms with Crippen molar-refractivity contribution in [3.8, 4) is 23.5 Å². The molecular formula is C16H11BrClN7O4. The highest BCUT2D eigenvalue weighted by Gasteiger charge is 2.17. The number of ether oxygens (including phenoxy) is 1. The number of nitrogens with zero attached hydrogens (tertiary/aromatic N) is 5. The number of nitrogens with one attached hydrogen (secondary N) is 2. The summed E-state index contributed by atoms with van der Waals surface area (Å²) in [5.41, 5.74) is -2.25. The van der Waals surface area contributed by atoms with Gasteiger partial charge in [0.1, 0.15) is 11.8 Å². The second-order valence-electron chi connectivity index (χ2n) is 5.96. The van der Waals surface area contributed by atoms with E-state index in [0.717, 1.165) is 4.68 Å². The molecule has 0 fully saturated rings. The fourth-order valence-electron chi connectivity index (χ4n) is 2.28. The summed E-state index contributed by atoms with van der Waals surface area (Å²) in [4.78, 5) is 41.4. The Morgan fingerprint density at radius 1 is 1.28 bits per heavy atom. The first-order valence-corrected chi connectivity index (χ1v) is 9.16. The van der Waals surface area contributed by atoms with E-state index in [1.165, 1.54) is 12.1 Å². The van der Waals surface area contributed by atoms with Gasteiger partial charge in [-0.3, -0.25) is 14.6 Å². The van der Waals surface area contributed by atoms with Crippen LogP contribution in [0.2, 0.25) is 5.02 Å². The number of halogens is 2. The second-order valence-corrected chi connectivity index (χ2v) is 7.22. The van der Waals surface area contributed by atoms with Crippen molar-refractivity contribution in [2.75, 3.05) is 0 Å². The third-order valence-corrected chi connectivity index (χ3v) is 4.47. The van der Waals surface area contributed by atoms with Gasteiger partial charge in [-0.25, -0.2) is 9.89 Å². The van der Waals surface area contributed by atoms with Crippen molar-refractivity contribution < 1.29 is 4.74 Å². The lowest BCUT2D eigenvalue weighted by Gasteiger charge is -2.12. The summed E-state index contributed by atoms with van der Waals surface area (Å²) in [6.45, 7) is 3.59. The van der Waals surface area contributed by atoms with Crippen LogP contribution < -0.4 is 21.5 Å². The van der Waals surface area contributed by atoms with Crippen molar-refractivity contribution in [3.05, 3.63) is 64.2 Å². The average Bonchev–Trinajstić information content (AvgIpc) is 2.65. The van der Waals surface area contributed by atoms with Crippen molar-refractivity contribution >= 4 is 27.5 Å². The topological polar surface area (TPSA) is 159 Å². The molecule has 0 amide bonds. The van der Waals surface area contributed by atoms with Crippen LogP contribution in [0, 0.1) is 11.3 Å². The Bertz CT molecular complexity index is 1300. The molecule has 0 bridgehead atoms. The van der Waals surface area contributed by atoms with Crippen LogP contribution in [-0.2, 0) is 0 Å². The lowest BCUT2D eigenvalue weighted by Crippen LogP contribution is -2.33. The van der Waals surface area contributed by atoms with Gasteiger partial charge in [0.25, 0.3) is 11.1 Å². The Morgan fingerprint density at radius 2 is 2.00 bits per heavy atom. The van der Waals surface area contributed by atoms with Gasteiger partial charge < -0.3 is 4.74 Å². The second kappa shape index (κ2) is 7.98. The molecule has 2 N–H and O–H groups in total. The summed E-state index contributed by atoms with van der Waals surface area (Å²) in [7, 11) is 0. The molecule has 2 heterocycles. The number of aromatic amines is 2. The minimum absolute atomic E-state index is 0.0497. The average molecular weight is 481 g/mol. The van der Waals surface area contributed by atoms with E-state index in [4.69, 9.17) is 21.6 Å². The zero-order chi connectivity index (χ0) is 21.3. The quantitative estimate of drug-likeness (QED) is 0.569. The van der Waals surface area contributed by atoms with Crippen molar-refractivity contribution in [1.29, 1.82) is 5.26 Å². The van der Waals surface area contributed by atoms with Gasteiger partial charge in [0.2, 0.25) is 5.69 Å². The number of hydrogen-bond donors (Lipinski definition) is 2. The first kappa shape index (κ1) is 20.4. The third kappa shape index (κ3) is 4.10. The molecule has 0 unspecified atom stereocenters. The summed E-state index contributed by atoms with van der Waals surface area (Å²) < 4.78 is 6.70. The molecule has 11 nitrogen and oxygen atoms in total. The Morgan fingerprint density at radius 3 is 2.62 bits per heavy atom. The van der Waals surface area contributed by atoms with E-state index < -0.39 is 22.5 Å². The fourth-order valence-corrected chi connectivity index (χ4v) is 3.17. The Kier molecular flexibility index (Phi) is 5.62. The van der Waals surface area contributed by atoms with Gasteiger partial charge in [0.15, 0.2) is 5.75 Å². The molecule has 0 saturated heterocycles. The van der Waals surface area contributed by atoms with E-state index in [-0.39, 0.29) is 34.1 Å². The maximum absolute atomic E-state index is 12.0. The molecule has 0 atom stereocenters. The largest absolute Gasteiger partial charge is 0.420 e. The molecule has 13 heteroatoms. The minimum Gasteiger partial charge on any atom is -0.420 e. The third-order valence-electron chi connectivity index (χ3n) is 3.60. The molecule has 2 aromatic heterocycles. The molecule has 148 valence electrons. The van der Waals surface area contributed by atoms with Crippen LogP contribution in [0.4, 0.5) is 0 Å². The predicted molar refractivity (Wildman–Crippen MR) is 105 cm³/mol. The van der Waals surface area contributed by atoms with E-state index >= 15 is 0 Å². The Balaban J connectivity index is 2.05. The molecule has 0 aliphatic heterocycles. The van der Waals surface area contributed by atoms with E-state index in [0.29, 0.717) is 4.47 Å². The van der Waals surface area contributed by atoms with Crippen molar-refractivity contribution in [1.82, 2.24) is 29.9 Å². The van der Waals surface area contributed by atoms with Crippen LogP contribution in [0.1, 0.15) is 31.2 Å². The van der Waals surface area contributed by atoms with Crippen LogP contribution in [0.5, 0.6) is 11.8 Å². The van der Waals surface area contributed by atoms with Crippen LogP contribution in [0.25, 0.3) is 5.69 Å². The highest BCUT2D eigenvalue weighted by Crippen LogP contribution is 2.37. The van der Waals surface area contributed by atoms with Gasteiger partial charge in [-0.05, 0) is 28.1 Å². The number of aromatic nitrogens is 6. The van der Waals surface area contributed by atoms with Crippen LogP contribution in [0.3, 0.4) is 0 Å². The van der Waals surface area contributed by atoms with Gasteiger partial charge in [-0.15, -0.1) is 10.2 Å². The summed E-state index contributed by atoms with van der Waals surface area (Å²) in [6, 6.07) is 4.24. The first-order valence-electron chi connectivity index (χ1n) is 7.99. The van der Waals surface area contributed by atoms with E-state index in [1.54, 1.807) is 19.9 Å². The Hall–Kier alpha value is -3.30. The summed E-state index contributed by atoms with van der Waals surface area (Å²) in [5, 5.41) is 18.7. The predicted octanol–water partition coefficient (Wildman–Crippen LogP) is 1.60. The molecule has 0 aliphatic rings. The molecule has 3 rings (SSSR count). The fraction of sp³-hybridized carbons (Fsp3) is 0.188. The van der Waals surface area contributed by atoms with Crippen molar-refractivity contribution in [2.24, 2.45) is 0 Å². The number of nitriles is 1. The number of rotatable bonds is 4. The zero-order valence-electron chi connectivity index (χ0n) is 14.9. The highest BCUT2D eigenvalue weighted by atomic mass is 79.9. The lowest BCUT2D eigenvalue weighted by atomic mass is 10.1.